The standard InChI is InChI=1S/C14H22N4S/c1-11-12(10-18(4)16-11)8-15-9-13(17(2)3)14-6-5-7-19-14/h5-7,10,13,15H,8-9H2,1-4H3. The summed E-state index contributed by atoms with van der Waals surface area (Å²) in [6.07, 6.45) is 2.08. The summed E-state index contributed by atoms with van der Waals surface area (Å²) in [5.41, 5.74) is 2.37. The smallest absolute Gasteiger partial charge is 0.0638 e. The van der Waals surface area contributed by atoms with Gasteiger partial charge in [0.05, 0.1) is 11.7 Å². The third-order valence-electron chi connectivity index (χ3n) is 3.26. The van der Waals surface area contributed by atoms with E-state index in [4.69, 9.17) is 0 Å². The SMILES string of the molecule is Cc1nn(C)cc1CNCC(c1cccs1)N(C)C. The van der Waals surface area contributed by atoms with Crippen LogP contribution < -0.4 is 5.32 Å². The maximum atomic E-state index is 4.36. The number of aryl methyl sites for hydroxylation is 2. The second-order valence-electron chi connectivity index (χ2n) is 5.04. The van der Waals surface area contributed by atoms with E-state index in [1.807, 2.05) is 23.1 Å². The van der Waals surface area contributed by atoms with Gasteiger partial charge in [-0.15, -0.1) is 11.3 Å². The van der Waals surface area contributed by atoms with Crippen LogP contribution in [0.4, 0.5) is 0 Å². The number of likely N-dealkylation sites (N-methyl/N-ethyl adjacent to an activating group) is 1. The summed E-state index contributed by atoms with van der Waals surface area (Å²) in [6, 6.07) is 4.74. The van der Waals surface area contributed by atoms with Crippen molar-refractivity contribution in [1.29, 1.82) is 0 Å². The quantitative estimate of drug-likeness (QED) is 0.879. The van der Waals surface area contributed by atoms with Crippen LogP contribution in [0.25, 0.3) is 0 Å². The van der Waals surface area contributed by atoms with E-state index >= 15 is 0 Å². The Morgan fingerprint density at radius 3 is 2.79 bits per heavy atom. The third kappa shape index (κ3) is 3.65. The van der Waals surface area contributed by atoms with Crippen LogP contribution in [0.5, 0.6) is 0 Å². The van der Waals surface area contributed by atoms with Gasteiger partial charge >= 0.3 is 0 Å². The minimum absolute atomic E-state index is 0.428. The number of rotatable bonds is 6. The molecule has 0 bridgehead atoms. The zero-order valence-corrected chi connectivity index (χ0v) is 12.9. The molecule has 0 aromatic carbocycles. The Morgan fingerprint density at radius 2 is 2.26 bits per heavy atom. The van der Waals surface area contributed by atoms with Gasteiger partial charge in [0.2, 0.25) is 0 Å². The summed E-state index contributed by atoms with van der Waals surface area (Å²) in [6.45, 7) is 3.87. The molecule has 1 N–H and O–H groups in total. The Kier molecular flexibility index (Phi) is 4.74. The van der Waals surface area contributed by atoms with Crippen LogP contribution in [-0.4, -0.2) is 35.3 Å². The number of hydrogen-bond donors (Lipinski definition) is 1. The molecular formula is C14H22N4S. The first-order chi connectivity index (χ1) is 9.08. The van der Waals surface area contributed by atoms with E-state index in [0.717, 1.165) is 18.8 Å². The molecule has 5 heteroatoms. The van der Waals surface area contributed by atoms with Gasteiger partial charge in [-0.05, 0) is 32.5 Å². The number of aromatic nitrogens is 2. The van der Waals surface area contributed by atoms with Crippen LogP contribution in [0.15, 0.2) is 23.7 Å². The number of nitrogens with zero attached hydrogens (tertiary/aromatic N) is 3. The van der Waals surface area contributed by atoms with Crippen molar-refractivity contribution in [3.05, 3.63) is 39.8 Å². The Labute approximate surface area is 119 Å². The van der Waals surface area contributed by atoms with E-state index < -0.39 is 0 Å². The fourth-order valence-corrected chi connectivity index (χ4v) is 3.11. The lowest BCUT2D eigenvalue weighted by Gasteiger charge is -2.23. The zero-order chi connectivity index (χ0) is 13.8. The third-order valence-corrected chi connectivity index (χ3v) is 4.24. The largest absolute Gasteiger partial charge is 0.311 e. The van der Waals surface area contributed by atoms with E-state index in [1.165, 1.54) is 10.4 Å². The second kappa shape index (κ2) is 6.32. The predicted molar refractivity (Wildman–Crippen MR) is 80.4 cm³/mol. The summed E-state index contributed by atoms with van der Waals surface area (Å²) in [7, 11) is 6.22. The average Bonchev–Trinajstić information content (AvgIpc) is 2.94. The van der Waals surface area contributed by atoms with Crippen molar-refractivity contribution in [2.75, 3.05) is 20.6 Å². The van der Waals surface area contributed by atoms with Crippen LogP contribution in [0.3, 0.4) is 0 Å². The molecule has 0 spiro atoms. The summed E-state index contributed by atoms with van der Waals surface area (Å²) in [5.74, 6) is 0. The highest BCUT2D eigenvalue weighted by Gasteiger charge is 2.14. The Bertz CT molecular complexity index is 502. The van der Waals surface area contributed by atoms with E-state index in [9.17, 15) is 0 Å². The van der Waals surface area contributed by atoms with Crippen LogP contribution in [0, 0.1) is 6.92 Å². The molecular weight excluding hydrogens is 256 g/mol. The lowest BCUT2D eigenvalue weighted by Crippen LogP contribution is -2.30. The molecule has 0 aliphatic heterocycles. The predicted octanol–water partition coefficient (Wildman–Crippen LogP) is 2.18. The van der Waals surface area contributed by atoms with Gasteiger partial charge in [-0.3, -0.25) is 4.68 Å². The van der Waals surface area contributed by atoms with E-state index in [1.54, 1.807) is 0 Å². The van der Waals surface area contributed by atoms with Gasteiger partial charge in [0.1, 0.15) is 0 Å². The number of hydrogen-bond acceptors (Lipinski definition) is 4. The lowest BCUT2D eigenvalue weighted by molar-refractivity contribution is 0.292. The maximum absolute atomic E-state index is 4.36. The molecule has 0 aliphatic carbocycles. The fourth-order valence-electron chi connectivity index (χ4n) is 2.18. The summed E-state index contributed by atoms with van der Waals surface area (Å²) in [5, 5.41) is 10.0. The topological polar surface area (TPSA) is 33.1 Å². The van der Waals surface area contributed by atoms with E-state index in [-0.39, 0.29) is 0 Å². The molecule has 104 valence electrons. The average molecular weight is 278 g/mol. The Balaban J connectivity index is 1.91. The first kappa shape index (κ1) is 14.2. The molecule has 2 aromatic heterocycles. The first-order valence-corrected chi connectivity index (χ1v) is 7.35. The molecule has 1 atom stereocenters. The van der Waals surface area contributed by atoms with Crippen LogP contribution in [0.1, 0.15) is 22.2 Å². The van der Waals surface area contributed by atoms with Gasteiger partial charge in [-0.1, -0.05) is 6.07 Å². The summed E-state index contributed by atoms with van der Waals surface area (Å²) in [4.78, 5) is 3.66. The molecule has 1 unspecified atom stereocenters. The van der Waals surface area contributed by atoms with Crippen molar-refractivity contribution >= 4 is 11.3 Å². The van der Waals surface area contributed by atoms with Gasteiger partial charge < -0.3 is 10.2 Å². The fraction of sp³-hybridized carbons (Fsp3) is 0.500. The van der Waals surface area contributed by atoms with Crippen molar-refractivity contribution < 1.29 is 0 Å². The molecule has 2 aromatic rings. The molecule has 0 saturated carbocycles. The molecule has 0 aliphatic rings. The van der Waals surface area contributed by atoms with Gasteiger partial charge in [-0.2, -0.15) is 5.10 Å². The molecule has 19 heavy (non-hydrogen) atoms. The van der Waals surface area contributed by atoms with Gasteiger partial charge in [0, 0.05) is 36.8 Å². The number of thiophene rings is 1. The van der Waals surface area contributed by atoms with Gasteiger partial charge in [0.25, 0.3) is 0 Å². The Morgan fingerprint density at radius 1 is 1.47 bits per heavy atom. The minimum Gasteiger partial charge on any atom is -0.311 e. The van der Waals surface area contributed by atoms with Crippen LogP contribution in [0.2, 0.25) is 0 Å². The van der Waals surface area contributed by atoms with Crippen LogP contribution >= 0.6 is 11.3 Å². The normalized spacial score (nSPS) is 13.1. The van der Waals surface area contributed by atoms with Crippen molar-refractivity contribution in [3.8, 4) is 0 Å². The highest BCUT2D eigenvalue weighted by atomic mass is 32.1. The molecule has 2 rings (SSSR count). The highest BCUT2D eigenvalue weighted by Crippen LogP contribution is 2.22. The maximum Gasteiger partial charge on any atom is 0.0638 e. The molecule has 0 saturated heterocycles. The minimum atomic E-state index is 0.428. The van der Waals surface area contributed by atoms with Crippen molar-refractivity contribution in [2.45, 2.75) is 19.5 Å². The second-order valence-corrected chi connectivity index (χ2v) is 6.02. The summed E-state index contributed by atoms with van der Waals surface area (Å²) < 4.78 is 1.87. The molecule has 0 radical (unpaired) electrons. The van der Waals surface area contributed by atoms with E-state index in [2.05, 4.69) is 60.0 Å². The molecule has 0 fully saturated rings. The molecule has 0 amide bonds. The van der Waals surface area contributed by atoms with Crippen molar-refractivity contribution in [1.82, 2.24) is 20.0 Å². The zero-order valence-electron chi connectivity index (χ0n) is 12.1. The van der Waals surface area contributed by atoms with E-state index in [0.29, 0.717) is 6.04 Å². The molecule has 4 nitrogen and oxygen atoms in total. The van der Waals surface area contributed by atoms with Crippen molar-refractivity contribution in [2.24, 2.45) is 7.05 Å². The molecule has 2 heterocycles. The van der Waals surface area contributed by atoms with Gasteiger partial charge in [0.15, 0.2) is 0 Å². The first-order valence-electron chi connectivity index (χ1n) is 6.47. The van der Waals surface area contributed by atoms with Gasteiger partial charge in [-0.25, -0.2) is 0 Å². The van der Waals surface area contributed by atoms with Crippen molar-refractivity contribution in [3.63, 3.8) is 0 Å². The summed E-state index contributed by atoms with van der Waals surface area (Å²) >= 11 is 1.81. The highest BCUT2D eigenvalue weighted by molar-refractivity contribution is 7.10. The monoisotopic (exact) mass is 278 g/mol. The van der Waals surface area contributed by atoms with Crippen LogP contribution in [-0.2, 0) is 13.6 Å². The lowest BCUT2D eigenvalue weighted by atomic mass is 10.2. The number of nitrogens with one attached hydrogen (secondary N) is 1. The Hall–Kier alpha value is -1.17.